The van der Waals surface area contributed by atoms with Crippen LogP contribution in [0.15, 0.2) is 72.8 Å². The average molecular weight is 363 g/mol. The van der Waals surface area contributed by atoms with Crippen LogP contribution in [0.2, 0.25) is 0 Å². The number of rotatable bonds is 7. The van der Waals surface area contributed by atoms with Crippen LogP contribution in [0.1, 0.15) is 21.5 Å². The first-order chi connectivity index (χ1) is 13.1. The molecular formula is C22H21NO4. The summed E-state index contributed by atoms with van der Waals surface area (Å²) in [5, 5.41) is 21.7. The molecule has 3 rings (SSSR count). The number of ether oxygens (including phenoxy) is 1. The lowest BCUT2D eigenvalue weighted by Gasteiger charge is -2.09. The molecule has 5 heteroatoms. The lowest BCUT2D eigenvalue weighted by atomic mass is 10.1. The third kappa shape index (κ3) is 5.25. The van der Waals surface area contributed by atoms with E-state index in [4.69, 9.17) is 4.74 Å². The van der Waals surface area contributed by atoms with Crippen molar-refractivity contribution in [2.45, 2.75) is 13.0 Å². The summed E-state index contributed by atoms with van der Waals surface area (Å²) in [7, 11) is 0. The largest absolute Gasteiger partial charge is 0.504 e. The fourth-order valence-electron chi connectivity index (χ4n) is 2.61. The van der Waals surface area contributed by atoms with Crippen molar-refractivity contribution in [3.63, 3.8) is 0 Å². The second kappa shape index (κ2) is 8.76. The molecule has 0 aliphatic heterocycles. The van der Waals surface area contributed by atoms with E-state index in [0.29, 0.717) is 30.9 Å². The van der Waals surface area contributed by atoms with Gasteiger partial charge in [0.05, 0.1) is 0 Å². The van der Waals surface area contributed by atoms with E-state index in [1.165, 1.54) is 12.1 Å². The van der Waals surface area contributed by atoms with Crippen LogP contribution in [-0.4, -0.2) is 22.7 Å². The number of hydrogen-bond acceptors (Lipinski definition) is 4. The Balaban J connectivity index is 1.52. The van der Waals surface area contributed by atoms with E-state index < -0.39 is 0 Å². The Hall–Kier alpha value is -3.47. The number of amides is 1. The second-order valence-corrected chi connectivity index (χ2v) is 6.13. The van der Waals surface area contributed by atoms with Crippen molar-refractivity contribution in [3.05, 3.63) is 89.5 Å². The molecule has 0 saturated carbocycles. The van der Waals surface area contributed by atoms with Crippen molar-refractivity contribution in [2.24, 2.45) is 0 Å². The topological polar surface area (TPSA) is 78.8 Å². The molecule has 0 fully saturated rings. The number of nitrogens with one attached hydrogen (secondary N) is 1. The highest BCUT2D eigenvalue weighted by Gasteiger charge is 2.07. The fourth-order valence-corrected chi connectivity index (χ4v) is 2.61. The molecule has 1 amide bonds. The molecule has 0 radical (unpaired) electrons. The van der Waals surface area contributed by atoms with Gasteiger partial charge in [0.25, 0.3) is 5.91 Å². The third-order valence-electron chi connectivity index (χ3n) is 4.08. The van der Waals surface area contributed by atoms with Gasteiger partial charge in [0, 0.05) is 12.1 Å². The van der Waals surface area contributed by atoms with E-state index in [1.54, 1.807) is 24.3 Å². The Morgan fingerprint density at radius 1 is 0.852 bits per heavy atom. The van der Waals surface area contributed by atoms with E-state index in [2.05, 4.69) is 5.32 Å². The van der Waals surface area contributed by atoms with Crippen LogP contribution in [0.25, 0.3) is 0 Å². The second-order valence-electron chi connectivity index (χ2n) is 6.13. The predicted octanol–water partition coefficient (Wildman–Crippen LogP) is 3.65. The Morgan fingerprint density at radius 3 is 2.44 bits per heavy atom. The molecule has 3 aromatic carbocycles. The maximum absolute atomic E-state index is 12.3. The first-order valence-electron chi connectivity index (χ1n) is 8.67. The lowest BCUT2D eigenvalue weighted by Crippen LogP contribution is -2.25. The molecule has 5 nitrogen and oxygen atoms in total. The summed E-state index contributed by atoms with van der Waals surface area (Å²) < 4.78 is 5.75. The standard InChI is InChI=1S/C22H21NO4/c24-20-10-9-16(13-21(20)25)11-12-23-22(26)18-7-4-8-19(14-18)27-15-17-5-2-1-3-6-17/h1-10,13-14,24-25H,11-12,15H2,(H,23,26). The summed E-state index contributed by atoms with van der Waals surface area (Å²) in [6.07, 6.45) is 0.545. The van der Waals surface area contributed by atoms with Crippen molar-refractivity contribution in [2.75, 3.05) is 6.54 Å². The number of aromatic hydroxyl groups is 2. The number of benzene rings is 3. The van der Waals surface area contributed by atoms with Crippen molar-refractivity contribution in [3.8, 4) is 17.2 Å². The van der Waals surface area contributed by atoms with Gasteiger partial charge < -0.3 is 20.3 Å². The summed E-state index contributed by atoms with van der Waals surface area (Å²) in [4.78, 5) is 12.3. The molecule has 27 heavy (non-hydrogen) atoms. The molecule has 0 atom stereocenters. The molecule has 3 aromatic rings. The van der Waals surface area contributed by atoms with Crippen LogP contribution in [0.3, 0.4) is 0 Å². The van der Waals surface area contributed by atoms with Crippen molar-refractivity contribution in [1.29, 1.82) is 0 Å². The summed E-state index contributed by atoms with van der Waals surface area (Å²) in [6.45, 7) is 0.856. The zero-order chi connectivity index (χ0) is 19.1. The highest BCUT2D eigenvalue weighted by Crippen LogP contribution is 2.24. The molecule has 0 spiro atoms. The van der Waals surface area contributed by atoms with E-state index in [9.17, 15) is 15.0 Å². The molecule has 0 bridgehead atoms. The number of phenols is 2. The van der Waals surface area contributed by atoms with Gasteiger partial charge in [-0.05, 0) is 47.9 Å². The van der Waals surface area contributed by atoms with Gasteiger partial charge in [-0.25, -0.2) is 0 Å². The van der Waals surface area contributed by atoms with Gasteiger partial charge in [-0.3, -0.25) is 4.79 Å². The molecule has 0 aromatic heterocycles. The molecular weight excluding hydrogens is 342 g/mol. The lowest BCUT2D eigenvalue weighted by molar-refractivity contribution is 0.0953. The smallest absolute Gasteiger partial charge is 0.251 e. The van der Waals surface area contributed by atoms with Gasteiger partial charge >= 0.3 is 0 Å². The van der Waals surface area contributed by atoms with Gasteiger partial charge in [-0.15, -0.1) is 0 Å². The zero-order valence-corrected chi connectivity index (χ0v) is 14.8. The summed E-state index contributed by atoms with van der Waals surface area (Å²) in [6, 6.07) is 21.5. The number of phenolic OH excluding ortho intramolecular Hbond substituents is 2. The summed E-state index contributed by atoms with van der Waals surface area (Å²) in [5.41, 5.74) is 2.41. The zero-order valence-electron chi connectivity index (χ0n) is 14.8. The first-order valence-corrected chi connectivity index (χ1v) is 8.67. The molecule has 0 unspecified atom stereocenters. The quantitative estimate of drug-likeness (QED) is 0.560. The van der Waals surface area contributed by atoms with E-state index >= 15 is 0 Å². The van der Waals surface area contributed by atoms with Gasteiger partial charge in [-0.2, -0.15) is 0 Å². The summed E-state index contributed by atoms with van der Waals surface area (Å²) in [5.74, 6) is 0.121. The minimum atomic E-state index is -0.192. The Labute approximate surface area is 157 Å². The maximum Gasteiger partial charge on any atom is 0.251 e. The molecule has 0 heterocycles. The van der Waals surface area contributed by atoms with Gasteiger partial charge in [-0.1, -0.05) is 42.5 Å². The highest BCUT2D eigenvalue weighted by atomic mass is 16.5. The minimum Gasteiger partial charge on any atom is -0.504 e. The van der Waals surface area contributed by atoms with Gasteiger partial charge in [0.2, 0.25) is 0 Å². The molecule has 138 valence electrons. The Kier molecular flexibility index (Phi) is 5.94. The maximum atomic E-state index is 12.3. The highest BCUT2D eigenvalue weighted by molar-refractivity contribution is 5.94. The first kappa shape index (κ1) is 18.3. The van der Waals surface area contributed by atoms with Crippen LogP contribution < -0.4 is 10.1 Å². The van der Waals surface area contributed by atoms with Crippen molar-refractivity contribution in [1.82, 2.24) is 5.32 Å². The number of hydrogen-bond donors (Lipinski definition) is 3. The van der Waals surface area contributed by atoms with E-state index in [-0.39, 0.29) is 17.4 Å². The predicted molar refractivity (Wildman–Crippen MR) is 103 cm³/mol. The van der Waals surface area contributed by atoms with Gasteiger partial charge in [0.1, 0.15) is 12.4 Å². The molecule has 0 aliphatic carbocycles. The number of carbonyl (C=O) groups is 1. The molecule has 3 N–H and O–H groups in total. The summed E-state index contributed by atoms with van der Waals surface area (Å²) >= 11 is 0. The van der Waals surface area contributed by atoms with Crippen LogP contribution in [0, 0.1) is 0 Å². The van der Waals surface area contributed by atoms with Crippen molar-refractivity contribution < 1.29 is 19.7 Å². The average Bonchev–Trinajstić information content (AvgIpc) is 2.70. The van der Waals surface area contributed by atoms with Crippen LogP contribution >= 0.6 is 0 Å². The molecule has 0 saturated heterocycles. The van der Waals surface area contributed by atoms with E-state index in [1.807, 2.05) is 36.4 Å². The monoisotopic (exact) mass is 363 g/mol. The van der Waals surface area contributed by atoms with Crippen molar-refractivity contribution >= 4 is 5.91 Å². The van der Waals surface area contributed by atoms with Gasteiger partial charge in [0.15, 0.2) is 11.5 Å². The number of carbonyl (C=O) groups excluding carboxylic acids is 1. The van der Waals surface area contributed by atoms with E-state index in [0.717, 1.165) is 11.1 Å². The molecule has 0 aliphatic rings. The SMILES string of the molecule is O=C(NCCc1ccc(O)c(O)c1)c1cccc(OCc2ccccc2)c1. The van der Waals surface area contributed by atoms with Crippen LogP contribution in [0.5, 0.6) is 17.2 Å². The van der Waals surface area contributed by atoms with Crippen LogP contribution in [0.4, 0.5) is 0 Å². The normalized spacial score (nSPS) is 10.4. The third-order valence-corrected chi connectivity index (χ3v) is 4.08. The fraction of sp³-hybridized carbons (Fsp3) is 0.136. The van der Waals surface area contributed by atoms with Crippen LogP contribution in [-0.2, 0) is 13.0 Å². The minimum absolute atomic E-state index is 0.157. The Bertz CT molecular complexity index is 909. The Morgan fingerprint density at radius 2 is 1.67 bits per heavy atom.